The van der Waals surface area contributed by atoms with Gasteiger partial charge in [-0.05, 0) is 30.5 Å². The van der Waals surface area contributed by atoms with E-state index in [0.29, 0.717) is 24.4 Å². The van der Waals surface area contributed by atoms with E-state index in [1.54, 1.807) is 35.0 Å². The zero-order chi connectivity index (χ0) is 21.7. The van der Waals surface area contributed by atoms with Crippen molar-refractivity contribution >= 4 is 17.4 Å². The van der Waals surface area contributed by atoms with Gasteiger partial charge in [-0.15, -0.1) is 0 Å². The molecular weight excluding hydrogens is 382 g/mol. The van der Waals surface area contributed by atoms with Crippen molar-refractivity contribution in [3.63, 3.8) is 0 Å². The van der Waals surface area contributed by atoms with E-state index in [4.69, 9.17) is 15.8 Å². The lowest BCUT2D eigenvalue weighted by Crippen LogP contribution is -2.43. The van der Waals surface area contributed by atoms with E-state index in [1.807, 2.05) is 6.07 Å². The Kier molecular flexibility index (Phi) is 6.89. The molecule has 0 aliphatic carbocycles. The van der Waals surface area contributed by atoms with Crippen LogP contribution in [0.5, 0.6) is 5.75 Å². The zero-order valence-electron chi connectivity index (χ0n) is 17.4. The Morgan fingerprint density at radius 1 is 1.27 bits per heavy atom. The van der Waals surface area contributed by atoms with Gasteiger partial charge in [0.25, 0.3) is 0 Å². The van der Waals surface area contributed by atoms with Crippen LogP contribution in [0.2, 0.25) is 0 Å². The molecule has 0 bridgehead atoms. The number of fused-ring (bicyclic) bond motifs is 1. The second kappa shape index (κ2) is 9.58. The minimum absolute atomic E-state index is 0.0878. The molecule has 3 heterocycles. The Balaban J connectivity index is 0.000000589. The van der Waals surface area contributed by atoms with Crippen molar-refractivity contribution in [2.45, 2.75) is 51.5 Å². The number of aromatic nitrogens is 3. The molecule has 1 aliphatic heterocycles. The molecule has 1 aromatic carbocycles. The summed E-state index contributed by atoms with van der Waals surface area (Å²) in [4.78, 5) is 15.8. The molecule has 8 heteroatoms. The Morgan fingerprint density at radius 3 is 2.63 bits per heavy atom. The molecule has 3 aromatic rings. The van der Waals surface area contributed by atoms with Gasteiger partial charge < -0.3 is 21.3 Å². The van der Waals surface area contributed by atoms with Gasteiger partial charge in [0.05, 0.1) is 11.9 Å². The number of piperidine rings is 1. The summed E-state index contributed by atoms with van der Waals surface area (Å²) in [5, 5.41) is 26.2. The van der Waals surface area contributed by atoms with Crippen LogP contribution in [0.1, 0.15) is 51.1 Å². The number of aromatic hydroxyl groups is 1. The van der Waals surface area contributed by atoms with E-state index >= 15 is 0 Å². The molecule has 0 saturated carbocycles. The number of carbonyl (C=O) groups is 1. The fourth-order valence-electron chi connectivity index (χ4n) is 3.41. The predicted molar refractivity (Wildman–Crippen MR) is 116 cm³/mol. The van der Waals surface area contributed by atoms with Crippen LogP contribution >= 0.6 is 0 Å². The van der Waals surface area contributed by atoms with Gasteiger partial charge >= 0.3 is 5.97 Å². The molecule has 1 aliphatic rings. The first-order valence-electron chi connectivity index (χ1n) is 10.3. The van der Waals surface area contributed by atoms with E-state index < -0.39 is 12.0 Å². The van der Waals surface area contributed by atoms with Gasteiger partial charge in [0.15, 0.2) is 5.65 Å². The van der Waals surface area contributed by atoms with Crippen LogP contribution < -0.4 is 11.1 Å². The molecule has 2 atom stereocenters. The van der Waals surface area contributed by atoms with Gasteiger partial charge in [-0.25, -0.2) is 4.98 Å². The van der Waals surface area contributed by atoms with Gasteiger partial charge in [0, 0.05) is 24.1 Å². The first kappa shape index (κ1) is 21.6. The number of nitrogens with one attached hydrogen (secondary N) is 1. The lowest BCUT2D eigenvalue weighted by atomic mass is 9.92. The fraction of sp³-hybridized carbons (Fsp3) is 0.409. The second-order valence-corrected chi connectivity index (χ2v) is 7.52. The molecule has 0 radical (unpaired) electrons. The molecule has 30 heavy (non-hydrogen) atoms. The molecule has 5 N–H and O–H groups in total. The Morgan fingerprint density at radius 2 is 2.03 bits per heavy atom. The molecule has 160 valence electrons. The highest BCUT2D eigenvalue weighted by molar-refractivity contribution is 5.78. The predicted octanol–water partition coefficient (Wildman–Crippen LogP) is 3.41. The molecule has 1 saturated heterocycles. The monoisotopic (exact) mass is 411 g/mol. The summed E-state index contributed by atoms with van der Waals surface area (Å²) in [6.45, 7) is 4.90. The standard InChI is InChI=1S/C18H19N5O3.C4H10/c19-16-7-15(11-4-5-14(18(25)26)20-8-11)22-17-13(9-21-23(16)17)10-2-1-3-12(24)6-10;1-3-4-2/h1-3,6-7,9,11,14,20,24H,4-5,8,19H2,(H,25,26);3-4H2,1-2H3. The van der Waals surface area contributed by atoms with Crippen LogP contribution in [0.4, 0.5) is 5.82 Å². The van der Waals surface area contributed by atoms with Crippen molar-refractivity contribution in [1.29, 1.82) is 0 Å². The highest BCUT2D eigenvalue weighted by Gasteiger charge is 2.27. The molecule has 0 amide bonds. The van der Waals surface area contributed by atoms with Crippen molar-refractivity contribution in [3.8, 4) is 16.9 Å². The molecular formula is C22H29N5O3. The second-order valence-electron chi connectivity index (χ2n) is 7.52. The average molecular weight is 412 g/mol. The summed E-state index contributed by atoms with van der Waals surface area (Å²) >= 11 is 0. The summed E-state index contributed by atoms with van der Waals surface area (Å²) in [5.41, 5.74) is 9.17. The van der Waals surface area contributed by atoms with Crippen molar-refractivity contribution in [2.75, 3.05) is 12.3 Å². The highest BCUT2D eigenvalue weighted by Crippen LogP contribution is 2.30. The molecule has 2 aromatic heterocycles. The van der Waals surface area contributed by atoms with Gasteiger partial charge in [-0.1, -0.05) is 38.8 Å². The number of anilines is 1. The first-order chi connectivity index (χ1) is 14.4. The van der Waals surface area contributed by atoms with E-state index in [-0.39, 0.29) is 11.7 Å². The first-order valence-corrected chi connectivity index (χ1v) is 10.3. The van der Waals surface area contributed by atoms with Gasteiger partial charge in [0.2, 0.25) is 0 Å². The third kappa shape index (κ3) is 4.71. The lowest BCUT2D eigenvalue weighted by molar-refractivity contribution is -0.140. The van der Waals surface area contributed by atoms with Crippen molar-refractivity contribution in [3.05, 3.63) is 42.2 Å². The maximum Gasteiger partial charge on any atom is 0.320 e. The third-order valence-electron chi connectivity index (χ3n) is 5.31. The number of hydrogen-bond acceptors (Lipinski definition) is 6. The van der Waals surface area contributed by atoms with Gasteiger partial charge in [-0.2, -0.15) is 9.61 Å². The van der Waals surface area contributed by atoms with Crippen molar-refractivity contribution in [2.24, 2.45) is 0 Å². The number of rotatable bonds is 4. The van der Waals surface area contributed by atoms with Crippen LogP contribution in [0.15, 0.2) is 36.5 Å². The molecule has 1 fully saturated rings. The van der Waals surface area contributed by atoms with Crippen LogP contribution in [0.25, 0.3) is 16.8 Å². The quantitative estimate of drug-likeness (QED) is 0.518. The van der Waals surface area contributed by atoms with Crippen LogP contribution in [-0.4, -0.2) is 43.4 Å². The Bertz CT molecular complexity index is 1010. The SMILES string of the molecule is CCCC.Nc1cc(C2CCC(C(=O)O)NC2)nc2c(-c3cccc(O)c3)cnn12. The number of carboxylic acid groups (broad SMARTS) is 1. The fourth-order valence-corrected chi connectivity index (χ4v) is 3.41. The van der Waals surface area contributed by atoms with Crippen LogP contribution in [-0.2, 0) is 4.79 Å². The number of benzene rings is 1. The van der Waals surface area contributed by atoms with E-state index in [2.05, 4.69) is 24.3 Å². The summed E-state index contributed by atoms with van der Waals surface area (Å²) in [6.07, 6.45) is 5.59. The minimum Gasteiger partial charge on any atom is -0.508 e. The summed E-state index contributed by atoms with van der Waals surface area (Å²) < 4.78 is 1.57. The smallest absolute Gasteiger partial charge is 0.320 e. The zero-order valence-corrected chi connectivity index (χ0v) is 17.4. The number of hydrogen-bond donors (Lipinski definition) is 4. The average Bonchev–Trinajstić information content (AvgIpc) is 3.18. The number of nitrogens with two attached hydrogens (primary N) is 1. The number of unbranched alkanes of at least 4 members (excludes halogenated alkanes) is 1. The Labute approximate surface area is 175 Å². The maximum atomic E-state index is 11.1. The molecule has 2 unspecified atom stereocenters. The number of carboxylic acids is 1. The normalized spacial score (nSPS) is 18.6. The highest BCUT2D eigenvalue weighted by atomic mass is 16.4. The van der Waals surface area contributed by atoms with E-state index in [9.17, 15) is 9.90 Å². The minimum atomic E-state index is -0.826. The van der Waals surface area contributed by atoms with Crippen molar-refractivity contribution in [1.82, 2.24) is 19.9 Å². The Hall–Kier alpha value is -3.13. The number of nitrogens with zero attached hydrogens (tertiary/aromatic N) is 3. The van der Waals surface area contributed by atoms with E-state index in [1.165, 1.54) is 12.8 Å². The van der Waals surface area contributed by atoms with Gasteiger partial charge in [0.1, 0.15) is 17.6 Å². The molecule has 0 spiro atoms. The molecule has 8 nitrogen and oxygen atoms in total. The number of phenols is 1. The van der Waals surface area contributed by atoms with E-state index in [0.717, 1.165) is 23.2 Å². The number of nitrogen functional groups attached to an aromatic ring is 1. The lowest BCUT2D eigenvalue weighted by Gasteiger charge is -2.27. The summed E-state index contributed by atoms with van der Waals surface area (Å²) in [6, 6.07) is 8.18. The summed E-state index contributed by atoms with van der Waals surface area (Å²) in [7, 11) is 0. The number of aliphatic carboxylic acids is 1. The molecule has 4 rings (SSSR count). The van der Waals surface area contributed by atoms with Crippen LogP contribution in [0, 0.1) is 0 Å². The third-order valence-corrected chi connectivity index (χ3v) is 5.31. The van der Waals surface area contributed by atoms with Crippen molar-refractivity contribution < 1.29 is 15.0 Å². The summed E-state index contributed by atoms with van der Waals surface area (Å²) in [5.74, 6) is -0.0999. The topological polar surface area (TPSA) is 126 Å². The largest absolute Gasteiger partial charge is 0.508 e. The van der Waals surface area contributed by atoms with Crippen LogP contribution in [0.3, 0.4) is 0 Å². The number of phenolic OH excluding ortho intramolecular Hbond substituents is 1. The van der Waals surface area contributed by atoms with Gasteiger partial charge in [-0.3, -0.25) is 4.79 Å². The maximum absolute atomic E-state index is 11.1.